The van der Waals surface area contributed by atoms with Crippen molar-refractivity contribution in [1.29, 1.82) is 0 Å². The van der Waals surface area contributed by atoms with E-state index in [1.165, 1.54) is 0 Å². The summed E-state index contributed by atoms with van der Waals surface area (Å²) in [5.74, 6) is -1.14. The second kappa shape index (κ2) is 5.77. The molecular formula is C9H6Cl3NO2S. The molecule has 2 amide bonds. The molecule has 1 aliphatic carbocycles. The van der Waals surface area contributed by atoms with Crippen LogP contribution in [0.25, 0.3) is 0 Å². The van der Waals surface area contributed by atoms with Crippen molar-refractivity contribution in [2.24, 2.45) is 5.92 Å². The normalized spacial score (nSPS) is 22.4. The SMILES string of the molecule is ClC(Cl)Cl.O=C1NC(=O)C2C(=S)C=CC=C12. The fourth-order valence-electron chi connectivity index (χ4n) is 1.33. The minimum atomic E-state index is -0.750. The molecule has 86 valence electrons. The Morgan fingerprint density at radius 1 is 1.31 bits per heavy atom. The fraction of sp³-hybridized carbons (Fsp3) is 0.222. The van der Waals surface area contributed by atoms with E-state index >= 15 is 0 Å². The quantitative estimate of drug-likeness (QED) is 0.423. The van der Waals surface area contributed by atoms with Gasteiger partial charge in [0.2, 0.25) is 5.91 Å². The molecule has 2 rings (SSSR count). The fourth-order valence-corrected chi connectivity index (χ4v) is 1.64. The molecule has 0 saturated carbocycles. The maximum atomic E-state index is 11.1. The van der Waals surface area contributed by atoms with Crippen molar-refractivity contribution in [3.63, 3.8) is 0 Å². The molecule has 0 aromatic rings. The van der Waals surface area contributed by atoms with Gasteiger partial charge in [-0.1, -0.05) is 59.2 Å². The van der Waals surface area contributed by atoms with E-state index in [0.29, 0.717) is 10.4 Å². The first-order chi connectivity index (χ1) is 7.43. The highest BCUT2D eigenvalue weighted by Crippen LogP contribution is 2.23. The van der Waals surface area contributed by atoms with Gasteiger partial charge in [-0.05, 0) is 6.08 Å². The van der Waals surface area contributed by atoms with Gasteiger partial charge >= 0.3 is 0 Å². The Kier molecular flexibility index (Phi) is 4.92. The number of carbonyl (C=O) groups excluding carboxylic acids is 2. The van der Waals surface area contributed by atoms with Gasteiger partial charge in [-0.25, -0.2) is 0 Å². The summed E-state index contributed by atoms with van der Waals surface area (Å²) >= 11 is 19.3. The van der Waals surface area contributed by atoms with Gasteiger partial charge in [-0.3, -0.25) is 14.9 Å². The molecule has 0 bridgehead atoms. The van der Waals surface area contributed by atoms with Crippen LogP contribution in [0.1, 0.15) is 0 Å². The zero-order valence-electron chi connectivity index (χ0n) is 7.75. The molecule has 0 radical (unpaired) electrons. The van der Waals surface area contributed by atoms with E-state index in [2.05, 4.69) is 5.32 Å². The highest BCUT2D eigenvalue weighted by atomic mass is 35.6. The molecule has 2 aliphatic rings. The van der Waals surface area contributed by atoms with Gasteiger partial charge in [0.15, 0.2) is 4.30 Å². The van der Waals surface area contributed by atoms with Crippen molar-refractivity contribution in [2.75, 3.05) is 0 Å². The van der Waals surface area contributed by atoms with Crippen LogP contribution >= 0.6 is 47.0 Å². The monoisotopic (exact) mass is 297 g/mol. The van der Waals surface area contributed by atoms with Gasteiger partial charge in [0.05, 0.1) is 0 Å². The number of thiocarbonyl (C=S) groups is 1. The summed E-state index contributed by atoms with van der Waals surface area (Å²) < 4.78 is -0.750. The molecule has 1 heterocycles. The van der Waals surface area contributed by atoms with Crippen LogP contribution < -0.4 is 5.32 Å². The lowest BCUT2D eigenvalue weighted by molar-refractivity contribution is -0.124. The third-order valence-electron chi connectivity index (χ3n) is 1.89. The Bertz CT molecular complexity index is 399. The first-order valence-corrected chi connectivity index (χ1v) is 5.84. The molecule has 3 nitrogen and oxygen atoms in total. The van der Waals surface area contributed by atoms with E-state index in [1.54, 1.807) is 18.2 Å². The molecule has 1 fully saturated rings. The molecule has 1 atom stereocenters. The number of alkyl halides is 3. The van der Waals surface area contributed by atoms with Gasteiger partial charge in [0.1, 0.15) is 5.92 Å². The van der Waals surface area contributed by atoms with Crippen LogP contribution in [-0.4, -0.2) is 21.0 Å². The summed E-state index contributed by atoms with van der Waals surface area (Å²) in [6.45, 7) is 0. The Hall–Kier alpha value is -0.420. The van der Waals surface area contributed by atoms with Crippen LogP contribution in [0.5, 0.6) is 0 Å². The van der Waals surface area contributed by atoms with E-state index in [-0.39, 0.29) is 11.8 Å². The van der Waals surface area contributed by atoms with Gasteiger partial charge < -0.3 is 0 Å². The van der Waals surface area contributed by atoms with Gasteiger partial charge in [-0.2, -0.15) is 0 Å². The number of amides is 2. The highest BCUT2D eigenvalue weighted by Gasteiger charge is 2.38. The average molecular weight is 299 g/mol. The Morgan fingerprint density at radius 2 is 1.88 bits per heavy atom. The van der Waals surface area contributed by atoms with Crippen molar-refractivity contribution in [2.45, 2.75) is 4.30 Å². The predicted molar refractivity (Wildman–Crippen MR) is 67.8 cm³/mol. The third-order valence-corrected chi connectivity index (χ3v) is 2.26. The highest BCUT2D eigenvalue weighted by molar-refractivity contribution is 7.80. The predicted octanol–water partition coefficient (Wildman–Crippen LogP) is 2.11. The number of hydrogen-bond donors (Lipinski definition) is 1. The van der Waals surface area contributed by atoms with E-state index in [1.807, 2.05) is 0 Å². The van der Waals surface area contributed by atoms with Crippen LogP contribution in [0.3, 0.4) is 0 Å². The minimum absolute atomic E-state index is 0.305. The minimum Gasteiger partial charge on any atom is -0.292 e. The molecule has 0 spiro atoms. The van der Waals surface area contributed by atoms with Gasteiger partial charge in [0.25, 0.3) is 5.91 Å². The zero-order valence-corrected chi connectivity index (χ0v) is 10.8. The summed E-state index contributed by atoms with van der Waals surface area (Å²) in [5.41, 5.74) is 0.465. The van der Waals surface area contributed by atoms with Gasteiger partial charge in [0, 0.05) is 10.4 Å². The molecule has 0 aromatic carbocycles. The smallest absolute Gasteiger partial charge is 0.254 e. The molecule has 7 heteroatoms. The standard InChI is InChI=1S/C8H5NO2S.CHCl3/c10-7-4-2-1-3-5(12)6(4)8(11)9-7;2-1(3)4/h1-3,6H,(H,9,10,11);1H. The molecule has 0 aromatic heterocycles. The summed E-state index contributed by atoms with van der Waals surface area (Å²) in [7, 11) is 0. The number of rotatable bonds is 0. The van der Waals surface area contributed by atoms with Crippen molar-refractivity contribution in [3.05, 3.63) is 23.8 Å². The summed E-state index contributed by atoms with van der Waals surface area (Å²) in [5, 5.41) is 2.22. The Balaban J connectivity index is 0.000000280. The van der Waals surface area contributed by atoms with E-state index in [9.17, 15) is 9.59 Å². The lowest BCUT2D eigenvalue weighted by Gasteiger charge is -2.08. The van der Waals surface area contributed by atoms with Crippen molar-refractivity contribution in [1.82, 2.24) is 5.32 Å². The number of nitrogens with one attached hydrogen (secondary N) is 1. The largest absolute Gasteiger partial charge is 0.292 e. The molecular weight excluding hydrogens is 293 g/mol. The lowest BCUT2D eigenvalue weighted by Crippen LogP contribution is -2.25. The number of imide groups is 1. The average Bonchev–Trinajstić information content (AvgIpc) is 2.43. The summed E-state index contributed by atoms with van der Waals surface area (Å²) in [4.78, 5) is 22.7. The number of allylic oxidation sites excluding steroid dienone is 3. The number of carbonyl (C=O) groups is 2. The lowest BCUT2D eigenvalue weighted by atomic mass is 9.94. The van der Waals surface area contributed by atoms with Crippen molar-refractivity contribution >= 4 is 63.7 Å². The first kappa shape index (κ1) is 13.6. The van der Waals surface area contributed by atoms with Crippen molar-refractivity contribution < 1.29 is 9.59 Å². The first-order valence-electron chi connectivity index (χ1n) is 4.13. The molecule has 1 unspecified atom stereocenters. The topological polar surface area (TPSA) is 46.2 Å². The Labute approximate surface area is 112 Å². The van der Waals surface area contributed by atoms with Crippen LogP contribution in [-0.2, 0) is 9.59 Å². The van der Waals surface area contributed by atoms with Crippen LogP contribution in [0.2, 0.25) is 0 Å². The third kappa shape index (κ3) is 3.28. The van der Waals surface area contributed by atoms with Crippen LogP contribution in [0.4, 0.5) is 0 Å². The van der Waals surface area contributed by atoms with Crippen molar-refractivity contribution in [3.8, 4) is 0 Å². The number of halogens is 3. The van der Waals surface area contributed by atoms with Crippen LogP contribution in [0.15, 0.2) is 23.8 Å². The zero-order chi connectivity index (χ0) is 12.3. The maximum absolute atomic E-state index is 11.1. The van der Waals surface area contributed by atoms with E-state index in [4.69, 9.17) is 47.0 Å². The number of hydrogen-bond acceptors (Lipinski definition) is 3. The second-order valence-electron chi connectivity index (χ2n) is 2.88. The summed E-state index contributed by atoms with van der Waals surface area (Å²) in [6, 6.07) is 0. The molecule has 1 N–H and O–H groups in total. The molecule has 1 saturated heterocycles. The van der Waals surface area contributed by atoms with Gasteiger partial charge in [-0.15, -0.1) is 0 Å². The molecule has 1 aliphatic heterocycles. The van der Waals surface area contributed by atoms with E-state index in [0.717, 1.165) is 0 Å². The maximum Gasteiger partial charge on any atom is 0.254 e. The number of fused-ring (bicyclic) bond motifs is 1. The second-order valence-corrected chi connectivity index (χ2v) is 5.33. The molecule has 16 heavy (non-hydrogen) atoms. The Morgan fingerprint density at radius 3 is 2.38 bits per heavy atom. The van der Waals surface area contributed by atoms with Crippen LogP contribution in [0, 0.1) is 5.92 Å². The van der Waals surface area contributed by atoms with E-state index < -0.39 is 10.2 Å². The summed E-state index contributed by atoms with van der Waals surface area (Å²) in [6.07, 6.45) is 4.98.